The van der Waals surface area contributed by atoms with Crippen molar-refractivity contribution in [2.45, 2.75) is 44.1 Å². The van der Waals surface area contributed by atoms with Gasteiger partial charge >= 0.3 is 0 Å². The fourth-order valence-electron chi connectivity index (χ4n) is 2.97. The molecule has 0 radical (unpaired) electrons. The molecule has 1 aliphatic heterocycles. The first-order valence-electron chi connectivity index (χ1n) is 6.88. The first kappa shape index (κ1) is 12.0. The molecule has 0 aromatic carbocycles. The molecule has 3 rings (SSSR count). The molecular formula is C13H20N2O3. The van der Waals surface area contributed by atoms with Crippen molar-refractivity contribution in [2.75, 3.05) is 19.8 Å². The molecule has 0 aromatic heterocycles. The van der Waals surface area contributed by atoms with Crippen LogP contribution in [0.4, 0.5) is 0 Å². The van der Waals surface area contributed by atoms with E-state index in [1.54, 1.807) is 4.90 Å². The summed E-state index contributed by atoms with van der Waals surface area (Å²) in [5.74, 6) is 0.419. The van der Waals surface area contributed by atoms with Gasteiger partial charge in [-0.05, 0) is 44.4 Å². The third-order valence-electron chi connectivity index (χ3n) is 4.31. The van der Waals surface area contributed by atoms with Gasteiger partial charge in [0.25, 0.3) is 5.91 Å². The maximum Gasteiger partial charge on any atom is 0.256 e. The standard InChI is InChI=1S/C13H20N2O3/c16-11-8-15(9-14(11)7-10-3-4-10)12(17)13(18)5-1-2-6-13/h10,18H,1-9H2. The summed E-state index contributed by atoms with van der Waals surface area (Å²) in [7, 11) is 0. The van der Waals surface area contributed by atoms with Crippen LogP contribution in [0.5, 0.6) is 0 Å². The maximum atomic E-state index is 12.3. The zero-order chi connectivity index (χ0) is 12.8. The topological polar surface area (TPSA) is 60.9 Å². The lowest BCUT2D eigenvalue weighted by atomic mass is 10.0. The highest BCUT2D eigenvalue weighted by atomic mass is 16.3. The minimum atomic E-state index is -1.20. The maximum absolute atomic E-state index is 12.3. The van der Waals surface area contributed by atoms with Gasteiger partial charge in [-0.25, -0.2) is 0 Å². The Hall–Kier alpha value is -1.10. The van der Waals surface area contributed by atoms with Crippen LogP contribution >= 0.6 is 0 Å². The van der Waals surface area contributed by atoms with Crippen molar-refractivity contribution < 1.29 is 14.7 Å². The average Bonchev–Trinajstić information content (AvgIpc) is 2.93. The summed E-state index contributed by atoms with van der Waals surface area (Å²) in [6, 6.07) is 0. The van der Waals surface area contributed by atoms with Gasteiger partial charge < -0.3 is 14.9 Å². The van der Waals surface area contributed by atoms with E-state index in [0.29, 0.717) is 25.4 Å². The van der Waals surface area contributed by atoms with E-state index in [1.807, 2.05) is 0 Å². The highest BCUT2D eigenvalue weighted by Crippen LogP contribution is 2.33. The number of hydrogen-bond acceptors (Lipinski definition) is 3. The van der Waals surface area contributed by atoms with Crippen LogP contribution < -0.4 is 0 Å². The van der Waals surface area contributed by atoms with Gasteiger partial charge in [0, 0.05) is 6.54 Å². The third-order valence-corrected chi connectivity index (χ3v) is 4.31. The lowest BCUT2D eigenvalue weighted by molar-refractivity contribution is -0.150. The fourth-order valence-corrected chi connectivity index (χ4v) is 2.97. The van der Waals surface area contributed by atoms with Crippen molar-refractivity contribution in [3.8, 4) is 0 Å². The van der Waals surface area contributed by atoms with Crippen LogP contribution in [-0.4, -0.2) is 52.1 Å². The molecule has 18 heavy (non-hydrogen) atoms. The first-order chi connectivity index (χ1) is 8.58. The predicted octanol–water partition coefficient (Wildman–Crippen LogP) is 0.330. The number of rotatable bonds is 3. The zero-order valence-corrected chi connectivity index (χ0v) is 10.6. The first-order valence-corrected chi connectivity index (χ1v) is 6.88. The molecule has 3 aliphatic rings. The Labute approximate surface area is 107 Å². The molecule has 1 N–H and O–H groups in total. The second-order valence-corrected chi connectivity index (χ2v) is 5.94. The van der Waals surface area contributed by atoms with Crippen LogP contribution in [0.3, 0.4) is 0 Å². The Morgan fingerprint density at radius 3 is 2.61 bits per heavy atom. The normalized spacial score (nSPS) is 27.1. The zero-order valence-electron chi connectivity index (χ0n) is 10.6. The molecule has 0 bridgehead atoms. The summed E-state index contributed by atoms with van der Waals surface area (Å²) in [6.45, 7) is 1.30. The largest absolute Gasteiger partial charge is 0.380 e. The van der Waals surface area contributed by atoms with Gasteiger partial charge in [0.05, 0.1) is 6.67 Å². The Morgan fingerprint density at radius 1 is 1.33 bits per heavy atom. The second-order valence-electron chi connectivity index (χ2n) is 5.94. The Morgan fingerprint density at radius 2 is 2.00 bits per heavy atom. The van der Waals surface area contributed by atoms with Crippen LogP contribution in [-0.2, 0) is 9.59 Å². The number of hydrogen-bond donors (Lipinski definition) is 1. The molecule has 2 aliphatic carbocycles. The molecule has 3 fully saturated rings. The van der Waals surface area contributed by atoms with E-state index >= 15 is 0 Å². The highest BCUT2D eigenvalue weighted by molar-refractivity contribution is 5.91. The number of aliphatic hydroxyl groups is 1. The van der Waals surface area contributed by atoms with E-state index in [1.165, 1.54) is 17.7 Å². The van der Waals surface area contributed by atoms with Crippen LogP contribution in [0.1, 0.15) is 38.5 Å². The number of nitrogens with zero attached hydrogens (tertiary/aromatic N) is 2. The summed E-state index contributed by atoms with van der Waals surface area (Å²) in [5.41, 5.74) is -1.20. The SMILES string of the molecule is O=C1CN(C(=O)C2(O)CCCC2)CN1CC1CC1. The molecule has 0 aromatic rings. The minimum Gasteiger partial charge on any atom is -0.380 e. The van der Waals surface area contributed by atoms with Crippen LogP contribution in [0.2, 0.25) is 0 Å². The van der Waals surface area contributed by atoms with Gasteiger partial charge in [0.1, 0.15) is 12.1 Å². The second kappa shape index (κ2) is 4.23. The van der Waals surface area contributed by atoms with Gasteiger partial charge in [0.15, 0.2) is 0 Å². The van der Waals surface area contributed by atoms with Crippen LogP contribution in [0, 0.1) is 5.92 Å². The summed E-state index contributed by atoms with van der Waals surface area (Å²) in [5, 5.41) is 10.3. The summed E-state index contributed by atoms with van der Waals surface area (Å²) in [4.78, 5) is 27.4. The molecule has 0 spiro atoms. The van der Waals surface area contributed by atoms with Crippen molar-refractivity contribution >= 4 is 11.8 Å². The van der Waals surface area contributed by atoms with Gasteiger partial charge in [-0.3, -0.25) is 9.59 Å². The minimum absolute atomic E-state index is 0.0249. The third kappa shape index (κ3) is 2.11. The molecule has 1 saturated heterocycles. The molecule has 0 atom stereocenters. The van der Waals surface area contributed by atoms with Crippen LogP contribution in [0.15, 0.2) is 0 Å². The predicted molar refractivity (Wildman–Crippen MR) is 64.4 cm³/mol. The molecule has 1 heterocycles. The Bertz CT molecular complexity index is 372. The van der Waals surface area contributed by atoms with Gasteiger partial charge in [0.2, 0.25) is 5.91 Å². The molecule has 2 amide bonds. The summed E-state index contributed by atoms with van der Waals surface area (Å²) >= 11 is 0. The summed E-state index contributed by atoms with van der Waals surface area (Å²) in [6.07, 6.45) is 5.27. The van der Waals surface area contributed by atoms with E-state index in [4.69, 9.17) is 0 Å². The summed E-state index contributed by atoms with van der Waals surface area (Å²) < 4.78 is 0. The van der Waals surface area contributed by atoms with Gasteiger partial charge in [-0.2, -0.15) is 0 Å². The number of carbonyl (C=O) groups excluding carboxylic acids is 2. The molecule has 5 heteroatoms. The molecule has 5 nitrogen and oxygen atoms in total. The molecule has 100 valence electrons. The van der Waals surface area contributed by atoms with Crippen molar-refractivity contribution in [1.29, 1.82) is 0 Å². The van der Waals surface area contributed by atoms with Gasteiger partial charge in [-0.1, -0.05) is 0 Å². The van der Waals surface area contributed by atoms with E-state index in [9.17, 15) is 14.7 Å². The van der Waals surface area contributed by atoms with E-state index < -0.39 is 5.60 Å². The van der Waals surface area contributed by atoms with Crippen molar-refractivity contribution in [2.24, 2.45) is 5.92 Å². The van der Waals surface area contributed by atoms with E-state index in [0.717, 1.165) is 19.4 Å². The monoisotopic (exact) mass is 252 g/mol. The number of carbonyl (C=O) groups is 2. The molecule has 2 saturated carbocycles. The lowest BCUT2D eigenvalue weighted by Crippen LogP contribution is -2.47. The average molecular weight is 252 g/mol. The quantitative estimate of drug-likeness (QED) is 0.787. The molecular weight excluding hydrogens is 232 g/mol. The van der Waals surface area contributed by atoms with Crippen molar-refractivity contribution in [1.82, 2.24) is 9.80 Å². The smallest absolute Gasteiger partial charge is 0.256 e. The molecule has 0 unspecified atom stereocenters. The highest BCUT2D eigenvalue weighted by Gasteiger charge is 2.45. The number of amides is 2. The van der Waals surface area contributed by atoms with Crippen LogP contribution in [0.25, 0.3) is 0 Å². The van der Waals surface area contributed by atoms with E-state index in [2.05, 4.69) is 0 Å². The fraction of sp³-hybridized carbons (Fsp3) is 0.846. The van der Waals surface area contributed by atoms with Crippen molar-refractivity contribution in [3.63, 3.8) is 0 Å². The Balaban J connectivity index is 1.63. The van der Waals surface area contributed by atoms with Gasteiger partial charge in [-0.15, -0.1) is 0 Å². The Kier molecular flexibility index (Phi) is 2.81. The lowest BCUT2D eigenvalue weighted by Gasteiger charge is -2.27. The van der Waals surface area contributed by atoms with Crippen molar-refractivity contribution in [3.05, 3.63) is 0 Å². The van der Waals surface area contributed by atoms with E-state index in [-0.39, 0.29) is 18.4 Å².